The number of fused-ring (bicyclic) bond motifs is 2. The molecular formula is C7H11FN2O. The maximum absolute atomic E-state index is 13.4. The molecule has 4 heteroatoms. The van der Waals surface area contributed by atoms with E-state index in [-0.39, 0.29) is 5.92 Å². The largest absolute Gasteiger partial charge is 0.368 e. The standard InChI is InChI=1S/C7H11FN2O/c8-7-2-1-4(3-7)5(10-7)6(9)11/h4-5,10H,1-3H2,(H2,9,11). The summed E-state index contributed by atoms with van der Waals surface area (Å²) in [6.45, 7) is 0. The van der Waals surface area contributed by atoms with E-state index in [4.69, 9.17) is 5.73 Å². The van der Waals surface area contributed by atoms with Gasteiger partial charge in [0, 0.05) is 0 Å². The minimum atomic E-state index is -1.29. The van der Waals surface area contributed by atoms with Crippen molar-refractivity contribution in [2.45, 2.75) is 31.1 Å². The summed E-state index contributed by atoms with van der Waals surface area (Å²) >= 11 is 0. The molecule has 1 aliphatic heterocycles. The number of hydrogen-bond donors (Lipinski definition) is 2. The summed E-state index contributed by atoms with van der Waals surface area (Å²) < 4.78 is 13.4. The van der Waals surface area contributed by atoms with Gasteiger partial charge < -0.3 is 5.73 Å². The number of hydrogen-bond acceptors (Lipinski definition) is 2. The van der Waals surface area contributed by atoms with E-state index in [9.17, 15) is 9.18 Å². The molecule has 3 unspecified atom stereocenters. The molecule has 2 rings (SSSR count). The van der Waals surface area contributed by atoms with E-state index < -0.39 is 17.7 Å². The first kappa shape index (κ1) is 7.03. The smallest absolute Gasteiger partial charge is 0.234 e. The zero-order valence-corrected chi connectivity index (χ0v) is 6.14. The molecule has 2 fully saturated rings. The summed E-state index contributed by atoms with van der Waals surface area (Å²) in [5.74, 6) is -1.57. The van der Waals surface area contributed by atoms with Gasteiger partial charge in [0.2, 0.25) is 5.91 Å². The fourth-order valence-corrected chi connectivity index (χ4v) is 2.15. The van der Waals surface area contributed by atoms with E-state index in [0.29, 0.717) is 12.8 Å². The Balaban J connectivity index is 2.16. The van der Waals surface area contributed by atoms with Crippen LogP contribution in [0.4, 0.5) is 4.39 Å². The van der Waals surface area contributed by atoms with Gasteiger partial charge in [-0.15, -0.1) is 0 Å². The molecule has 0 radical (unpaired) electrons. The second-order valence-corrected chi connectivity index (χ2v) is 3.49. The Labute approximate surface area is 64.1 Å². The van der Waals surface area contributed by atoms with Crippen molar-refractivity contribution < 1.29 is 9.18 Å². The van der Waals surface area contributed by atoms with Crippen LogP contribution in [0, 0.1) is 5.92 Å². The van der Waals surface area contributed by atoms with Crippen molar-refractivity contribution >= 4 is 5.91 Å². The van der Waals surface area contributed by atoms with Crippen LogP contribution in [0.5, 0.6) is 0 Å². The van der Waals surface area contributed by atoms with Gasteiger partial charge in [-0.3, -0.25) is 10.1 Å². The molecule has 1 amide bonds. The van der Waals surface area contributed by atoms with E-state index in [1.807, 2.05) is 0 Å². The molecule has 2 aliphatic rings. The fourth-order valence-electron chi connectivity index (χ4n) is 2.15. The lowest BCUT2D eigenvalue weighted by molar-refractivity contribution is -0.121. The zero-order chi connectivity index (χ0) is 8.06. The number of carbonyl (C=O) groups is 1. The minimum Gasteiger partial charge on any atom is -0.368 e. The third kappa shape index (κ3) is 0.929. The molecule has 3 nitrogen and oxygen atoms in total. The monoisotopic (exact) mass is 158 g/mol. The maximum atomic E-state index is 13.4. The fraction of sp³-hybridized carbons (Fsp3) is 0.857. The summed E-state index contributed by atoms with van der Waals surface area (Å²) in [6, 6.07) is -0.422. The number of alkyl halides is 1. The average molecular weight is 158 g/mol. The summed E-state index contributed by atoms with van der Waals surface area (Å²) in [5.41, 5.74) is 5.08. The number of primary amides is 1. The lowest BCUT2D eigenvalue weighted by Crippen LogP contribution is -2.49. The number of nitrogens with one attached hydrogen (secondary N) is 1. The first-order chi connectivity index (χ1) is 5.11. The van der Waals surface area contributed by atoms with E-state index in [1.54, 1.807) is 0 Å². The molecule has 1 heterocycles. The van der Waals surface area contributed by atoms with E-state index in [1.165, 1.54) is 0 Å². The molecule has 2 bridgehead atoms. The molecule has 1 saturated heterocycles. The van der Waals surface area contributed by atoms with Crippen LogP contribution >= 0.6 is 0 Å². The number of piperidine rings is 1. The van der Waals surface area contributed by atoms with Crippen molar-refractivity contribution in [1.82, 2.24) is 5.32 Å². The average Bonchev–Trinajstić information content (AvgIpc) is 2.41. The van der Waals surface area contributed by atoms with Crippen molar-refractivity contribution in [3.63, 3.8) is 0 Å². The van der Waals surface area contributed by atoms with Gasteiger partial charge in [-0.25, -0.2) is 4.39 Å². The lowest BCUT2D eigenvalue weighted by atomic mass is 10.00. The molecular weight excluding hydrogens is 147 g/mol. The van der Waals surface area contributed by atoms with Crippen molar-refractivity contribution in [1.29, 1.82) is 0 Å². The van der Waals surface area contributed by atoms with Gasteiger partial charge in [-0.1, -0.05) is 0 Å². The van der Waals surface area contributed by atoms with Crippen molar-refractivity contribution in [3.05, 3.63) is 0 Å². The van der Waals surface area contributed by atoms with E-state index in [0.717, 1.165) is 6.42 Å². The SMILES string of the molecule is NC(=O)C1NC2(F)CCC1C2. The van der Waals surface area contributed by atoms with E-state index in [2.05, 4.69) is 5.32 Å². The highest BCUT2D eigenvalue weighted by molar-refractivity contribution is 5.81. The molecule has 3 atom stereocenters. The van der Waals surface area contributed by atoms with Gasteiger partial charge in [0.1, 0.15) is 0 Å². The first-order valence-corrected chi connectivity index (χ1v) is 3.87. The number of nitrogens with two attached hydrogens (primary N) is 1. The van der Waals surface area contributed by atoms with Crippen molar-refractivity contribution in [2.75, 3.05) is 0 Å². The van der Waals surface area contributed by atoms with Crippen LogP contribution < -0.4 is 11.1 Å². The molecule has 3 N–H and O–H groups in total. The van der Waals surface area contributed by atoms with Crippen LogP contribution in [-0.4, -0.2) is 17.7 Å². The first-order valence-electron chi connectivity index (χ1n) is 3.87. The summed E-state index contributed by atoms with van der Waals surface area (Å²) in [6.07, 6.45) is 1.78. The lowest BCUT2D eigenvalue weighted by Gasteiger charge is -2.23. The molecule has 1 aliphatic carbocycles. The molecule has 1 saturated carbocycles. The highest BCUT2D eigenvalue weighted by Crippen LogP contribution is 2.43. The number of halogens is 1. The quantitative estimate of drug-likeness (QED) is 0.524. The Kier molecular flexibility index (Phi) is 1.24. The molecule has 0 aromatic rings. The van der Waals surface area contributed by atoms with Gasteiger partial charge in [0.25, 0.3) is 0 Å². The summed E-state index contributed by atoms with van der Waals surface area (Å²) in [5, 5.41) is 2.62. The number of amides is 1. The maximum Gasteiger partial charge on any atom is 0.234 e. The van der Waals surface area contributed by atoms with Gasteiger partial charge >= 0.3 is 0 Å². The third-order valence-electron chi connectivity index (χ3n) is 2.69. The Bertz CT molecular complexity index is 209. The van der Waals surface area contributed by atoms with Crippen LogP contribution in [0.25, 0.3) is 0 Å². The predicted molar refractivity (Wildman–Crippen MR) is 37.3 cm³/mol. The summed E-state index contributed by atoms with van der Waals surface area (Å²) in [4.78, 5) is 10.7. The van der Waals surface area contributed by atoms with Crippen molar-refractivity contribution in [2.24, 2.45) is 11.7 Å². The van der Waals surface area contributed by atoms with Crippen LogP contribution in [0.15, 0.2) is 0 Å². The second kappa shape index (κ2) is 1.94. The van der Waals surface area contributed by atoms with Crippen molar-refractivity contribution in [3.8, 4) is 0 Å². The Morgan fingerprint density at radius 2 is 2.45 bits per heavy atom. The topological polar surface area (TPSA) is 55.1 Å². The Hall–Kier alpha value is -0.640. The Morgan fingerprint density at radius 3 is 2.73 bits per heavy atom. The molecule has 0 spiro atoms. The number of rotatable bonds is 1. The third-order valence-corrected chi connectivity index (χ3v) is 2.69. The minimum absolute atomic E-state index is 0.137. The summed E-state index contributed by atoms with van der Waals surface area (Å²) in [7, 11) is 0. The van der Waals surface area contributed by atoms with E-state index >= 15 is 0 Å². The normalized spacial score (nSPS) is 48.1. The van der Waals surface area contributed by atoms with Gasteiger partial charge in [-0.2, -0.15) is 0 Å². The molecule has 0 aromatic heterocycles. The molecule has 62 valence electrons. The highest BCUT2D eigenvalue weighted by Gasteiger charge is 2.52. The second-order valence-electron chi connectivity index (χ2n) is 3.49. The highest BCUT2D eigenvalue weighted by atomic mass is 19.1. The number of carbonyl (C=O) groups excluding carboxylic acids is 1. The van der Waals surface area contributed by atoms with Crippen LogP contribution in [0.1, 0.15) is 19.3 Å². The zero-order valence-electron chi connectivity index (χ0n) is 6.14. The van der Waals surface area contributed by atoms with Crippen LogP contribution in [-0.2, 0) is 4.79 Å². The predicted octanol–water partition coefficient (Wildman–Crippen LogP) is -0.0906. The van der Waals surface area contributed by atoms with Gasteiger partial charge in [-0.05, 0) is 25.2 Å². The Morgan fingerprint density at radius 1 is 1.73 bits per heavy atom. The van der Waals surface area contributed by atoms with Crippen LogP contribution in [0.3, 0.4) is 0 Å². The molecule has 11 heavy (non-hydrogen) atoms. The van der Waals surface area contributed by atoms with Gasteiger partial charge in [0.05, 0.1) is 6.04 Å². The molecule has 0 aromatic carbocycles. The van der Waals surface area contributed by atoms with Gasteiger partial charge in [0.15, 0.2) is 5.79 Å². The van der Waals surface area contributed by atoms with Crippen LogP contribution in [0.2, 0.25) is 0 Å².